The molecule has 0 aromatic heterocycles. The lowest BCUT2D eigenvalue weighted by Crippen LogP contribution is -2.85. The molecule has 0 bridgehead atoms. The Kier molecular flexibility index (Phi) is 3.09. The summed E-state index contributed by atoms with van der Waals surface area (Å²) in [7, 11) is 0.745. The van der Waals surface area contributed by atoms with Crippen molar-refractivity contribution >= 4 is 10.0 Å². The second-order valence-corrected chi connectivity index (χ2v) is 5.22. The van der Waals surface area contributed by atoms with Crippen LogP contribution in [0.3, 0.4) is 0 Å². The molecule has 1 fully saturated rings. The van der Waals surface area contributed by atoms with E-state index in [9.17, 15) is 8.42 Å². The Morgan fingerprint density at radius 2 is 1.92 bits per heavy atom. The van der Waals surface area contributed by atoms with Gasteiger partial charge in [-0.05, 0) is 0 Å². The van der Waals surface area contributed by atoms with Gasteiger partial charge in [0.1, 0.15) is 0 Å². The Bertz CT molecular complexity index is 230. The van der Waals surface area contributed by atoms with Crippen LogP contribution in [-0.2, 0) is 10.0 Å². The van der Waals surface area contributed by atoms with Gasteiger partial charge in [-0.1, -0.05) is 0 Å². The molecule has 1 aliphatic heterocycles. The quantitative estimate of drug-likeness (QED) is 0.557. The van der Waals surface area contributed by atoms with Crippen molar-refractivity contribution in [1.82, 2.24) is 4.31 Å². The molecule has 0 aliphatic carbocycles. The van der Waals surface area contributed by atoms with E-state index < -0.39 is 10.0 Å². The first kappa shape index (κ1) is 9.95. The maximum absolute atomic E-state index is 11.1. The molecule has 0 spiro atoms. The van der Waals surface area contributed by atoms with E-state index in [1.807, 2.05) is 5.32 Å². The summed E-state index contributed by atoms with van der Waals surface area (Å²) in [6, 6.07) is 0.503. The maximum Gasteiger partial charge on any atom is 0.211 e. The molecule has 1 aliphatic rings. The third-order valence-electron chi connectivity index (χ3n) is 2.30. The minimum Gasteiger partial charge on any atom is -0.476 e. The van der Waals surface area contributed by atoms with Gasteiger partial charge in [0.15, 0.2) is 0 Å². The van der Waals surface area contributed by atoms with Crippen LogP contribution >= 0.6 is 0 Å². The van der Waals surface area contributed by atoms with Crippen LogP contribution in [0, 0.1) is 7.05 Å². The minimum absolute atomic E-state index is 0.503. The second-order valence-electron chi connectivity index (χ2n) is 3.24. The monoisotopic (exact) mass is 192 g/mol. The Morgan fingerprint density at radius 3 is 2.25 bits per heavy atom. The molecule has 0 unspecified atom stereocenters. The summed E-state index contributed by atoms with van der Waals surface area (Å²) in [6.07, 6.45) is 3.09. The van der Waals surface area contributed by atoms with Gasteiger partial charge in [0, 0.05) is 25.9 Å². The summed E-state index contributed by atoms with van der Waals surface area (Å²) < 4.78 is 23.7. The summed E-state index contributed by atoms with van der Waals surface area (Å²) >= 11 is 0. The van der Waals surface area contributed by atoms with Crippen molar-refractivity contribution in [3.63, 3.8) is 0 Å². The van der Waals surface area contributed by atoms with E-state index in [4.69, 9.17) is 0 Å². The fourth-order valence-corrected chi connectivity index (χ4v) is 2.32. The number of piperidine rings is 1. The van der Waals surface area contributed by atoms with Gasteiger partial charge >= 0.3 is 0 Å². The zero-order valence-electron chi connectivity index (χ0n) is 7.36. The molecule has 1 rings (SSSR count). The molecule has 0 aromatic carbocycles. The summed E-state index contributed by atoms with van der Waals surface area (Å²) in [6.45, 7) is 1.30. The van der Waals surface area contributed by atoms with E-state index in [1.54, 1.807) is 0 Å². The van der Waals surface area contributed by atoms with Crippen molar-refractivity contribution in [3.8, 4) is 0 Å². The number of quaternary nitrogens is 1. The largest absolute Gasteiger partial charge is 0.476 e. The number of nitrogens with zero attached hydrogens (tertiary/aromatic N) is 1. The lowest BCUT2D eigenvalue weighted by molar-refractivity contribution is -0.636. The van der Waals surface area contributed by atoms with E-state index in [2.05, 4.69) is 7.05 Å². The van der Waals surface area contributed by atoms with Crippen molar-refractivity contribution in [3.05, 3.63) is 7.05 Å². The average molecular weight is 192 g/mol. The van der Waals surface area contributed by atoms with Crippen molar-refractivity contribution < 1.29 is 13.7 Å². The Morgan fingerprint density at radius 1 is 1.42 bits per heavy atom. The minimum atomic E-state index is -2.96. The van der Waals surface area contributed by atoms with E-state index in [-0.39, 0.29) is 0 Å². The normalized spacial score (nSPS) is 22.8. The van der Waals surface area contributed by atoms with Crippen LogP contribution < -0.4 is 5.32 Å². The number of sulfonamides is 1. The summed E-state index contributed by atoms with van der Waals surface area (Å²) in [5.74, 6) is 0. The highest BCUT2D eigenvalue weighted by atomic mass is 32.2. The molecule has 72 valence electrons. The molecule has 2 N–H and O–H groups in total. The number of hydrogen-bond donors (Lipinski definition) is 1. The summed E-state index contributed by atoms with van der Waals surface area (Å²) in [5.41, 5.74) is 0. The predicted molar refractivity (Wildman–Crippen MR) is 46.7 cm³/mol. The topological polar surface area (TPSA) is 54.0 Å². The van der Waals surface area contributed by atoms with Crippen LogP contribution in [0.1, 0.15) is 12.8 Å². The Labute approximate surface area is 74.0 Å². The third-order valence-corrected chi connectivity index (χ3v) is 3.60. The van der Waals surface area contributed by atoms with E-state index in [1.165, 1.54) is 10.6 Å². The molecule has 12 heavy (non-hydrogen) atoms. The van der Waals surface area contributed by atoms with Gasteiger partial charge in [-0.25, -0.2) is 12.7 Å². The van der Waals surface area contributed by atoms with Crippen LogP contribution in [0.5, 0.6) is 0 Å². The van der Waals surface area contributed by atoms with Crippen LogP contribution in [0.4, 0.5) is 0 Å². The molecular weight excluding hydrogens is 176 g/mol. The summed E-state index contributed by atoms with van der Waals surface area (Å²) in [4.78, 5) is 0. The number of rotatable bonds is 2. The Hall–Kier alpha value is -0.130. The molecule has 0 amide bonds. The fourth-order valence-electron chi connectivity index (χ4n) is 1.44. The average Bonchev–Trinajstić information content (AvgIpc) is 2.03. The molecule has 0 aromatic rings. The van der Waals surface area contributed by atoms with Crippen molar-refractivity contribution in [2.24, 2.45) is 0 Å². The highest BCUT2D eigenvalue weighted by Crippen LogP contribution is 2.10. The molecule has 0 atom stereocenters. The van der Waals surface area contributed by atoms with Crippen molar-refractivity contribution in [2.45, 2.75) is 18.9 Å². The van der Waals surface area contributed by atoms with Gasteiger partial charge in [0.2, 0.25) is 10.0 Å². The smallest absolute Gasteiger partial charge is 0.211 e. The van der Waals surface area contributed by atoms with E-state index >= 15 is 0 Å². The Balaban J connectivity index is 2.47. The molecule has 5 heteroatoms. The van der Waals surface area contributed by atoms with Crippen LogP contribution in [0.25, 0.3) is 0 Å². The van der Waals surface area contributed by atoms with Gasteiger partial charge < -0.3 is 5.32 Å². The van der Waals surface area contributed by atoms with Gasteiger partial charge in [0.25, 0.3) is 0 Å². The summed E-state index contributed by atoms with van der Waals surface area (Å²) in [5, 5.41) is 1.92. The SMILES string of the molecule is [CH2-][NH2+]C1CCN(S(C)(=O)=O)CC1. The van der Waals surface area contributed by atoms with Gasteiger partial charge in [-0.2, -0.15) is 7.05 Å². The first-order valence-electron chi connectivity index (χ1n) is 4.11. The number of nitrogens with two attached hydrogens (primary N) is 1. The molecule has 0 saturated carbocycles. The maximum atomic E-state index is 11.1. The predicted octanol–water partition coefficient (Wildman–Crippen LogP) is -1.23. The van der Waals surface area contributed by atoms with E-state index in [0.29, 0.717) is 19.1 Å². The molecule has 1 saturated heterocycles. The molecular formula is C7H16N2O2S. The lowest BCUT2D eigenvalue weighted by atomic mass is 10.1. The molecule has 4 nitrogen and oxygen atoms in total. The first-order valence-corrected chi connectivity index (χ1v) is 5.96. The van der Waals surface area contributed by atoms with Gasteiger partial charge in [-0.3, -0.25) is 0 Å². The van der Waals surface area contributed by atoms with Crippen LogP contribution in [0.15, 0.2) is 0 Å². The molecule has 1 heterocycles. The van der Waals surface area contributed by atoms with Crippen molar-refractivity contribution in [2.75, 3.05) is 19.3 Å². The second kappa shape index (κ2) is 3.72. The lowest BCUT2D eigenvalue weighted by Gasteiger charge is -2.29. The fraction of sp³-hybridized carbons (Fsp3) is 0.857. The van der Waals surface area contributed by atoms with Crippen molar-refractivity contribution in [1.29, 1.82) is 0 Å². The third kappa shape index (κ3) is 2.43. The van der Waals surface area contributed by atoms with Crippen LogP contribution in [0.2, 0.25) is 0 Å². The number of hydrogen-bond acceptors (Lipinski definition) is 2. The highest BCUT2D eigenvalue weighted by molar-refractivity contribution is 7.88. The molecule has 0 radical (unpaired) electrons. The van der Waals surface area contributed by atoms with Gasteiger partial charge in [0.05, 0.1) is 12.3 Å². The van der Waals surface area contributed by atoms with E-state index in [0.717, 1.165) is 12.8 Å². The van der Waals surface area contributed by atoms with Crippen LogP contribution in [-0.4, -0.2) is 38.1 Å². The standard InChI is InChI=1S/C7H16N2O2S/c1-8-7-3-5-9(6-4-7)12(2,10)11/h7H,1,3-6,8H2,2H3. The van der Waals surface area contributed by atoms with Gasteiger partial charge in [-0.15, -0.1) is 0 Å². The zero-order chi connectivity index (χ0) is 9.19. The first-order chi connectivity index (χ1) is 5.54. The zero-order valence-corrected chi connectivity index (χ0v) is 8.18. The highest BCUT2D eigenvalue weighted by Gasteiger charge is 2.24.